The highest BCUT2D eigenvalue weighted by molar-refractivity contribution is 5.81. The smallest absolute Gasteiger partial charge is 0.323 e. The van der Waals surface area contributed by atoms with Crippen LogP contribution in [0.1, 0.15) is 65.6 Å². The molecule has 0 fully saturated rings. The van der Waals surface area contributed by atoms with E-state index in [-0.39, 0.29) is 30.3 Å². The van der Waals surface area contributed by atoms with Crippen LogP contribution in [0.15, 0.2) is 4.52 Å². The van der Waals surface area contributed by atoms with E-state index in [9.17, 15) is 9.59 Å². The molecule has 0 aliphatic carbocycles. The maximum Gasteiger partial charge on any atom is 0.323 e. The highest BCUT2D eigenvalue weighted by Gasteiger charge is 2.23. The second-order valence-electron chi connectivity index (χ2n) is 6.79. The molecule has 1 amide bonds. The van der Waals surface area contributed by atoms with Gasteiger partial charge < -0.3 is 14.5 Å². The summed E-state index contributed by atoms with van der Waals surface area (Å²) in [5.41, 5.74) is -0.174. The van der Waals surface area contributed by atoms with Crippen LogP contribution < -0.4 is 0 Å². The number of carboxylic acids is 1. The summed E-state index contributed by atoms with van der Waals surface area (Å²) in [6.07, 6.45) is 2.05. The van der Waals surface area contributed by atoms with E-state index < -0.39 is 5.97 Å². The first-order valence-electron chi connectivity index (χ1n) is 7.99. The van der Waals surface area contributed by atoms with Gasteiger partial charge in [0.15, 0.2) is 5.82 Å². The van der Waals surface area contributed by atoms with Crippen molar-refractivity contribution in [3.05, 3.63) is 11.7 Å². The first kappa shape index (κ1) is 19.1. The Labute approximate surface area is 137 Å². The first-order chi connectivity index (χ1) is 10.6. The van der Waals surface area contributed by atoms with Crippen LogP contribution in [0.2, 0.25) is 0 Å². The molecule has 0 spiro atoms. The maximum absolute atomic E-state index is 12.2. The molecule has 1 unspecified atom stereocenters. The van der Waals surface area contributed by atoms with Gasteiger partial charge in [0.1, 0.15) is 6.54 Å². The van der Waals surface area contributed by atoms with Crippen molar-refractivity contribution < 1.29 is 19.2 Å². The molecule has 0 aliphatic rings. The van der Waals surface area contributed by atoms with Crippen molar-refractivity contribution in [2.75, 3.05) is 6.54 Å². The Morgan fingerprint density at radius 3 is 2.48 bits per heavy atom. The van der Waals surface area contributed by atoms with Gasteiger partial charge in [0.05, 0.1) is 0 Å². The van der Waals surface area contributed by atoms with Gasteiger partial charge in [0, 0.05) is 24.3 Å². The summed E-state index contributed by atoms with van der Waals surface area (Å²) in [6, 6.07) is -0.0884. The number of rotatable bonds is 8. The summed E-state index contributed by atoms with van der Waals surface area (Å²) < 4.78 is 5.19. The van der Waals surface area contributed by atoms with Gasteiger partial charge in [-0.2, -0.15) is 4.98 Å². The van der Waals surface area contributed by atoms with E-state index in [4.69, 9.17) is 9.63 Å². The number of carboxylic acid groups (broad SMARTS) is 1. The largest absolute Gasteiger partial charge is 0.480 e. The van der Waals surface area contributed by atoms with Crippen molar-refractivity contribution in [1.29, 1.82) is 0 Å². The average Bonchev–Trinajstić information content (AvgIpc) is 2.92. The van der Waals surface area contributed by atoms with Crippen molar-refractivity contribution in [2.24, 2.45) is 0 Å². The van der Waals surface area contributed by atoms with Crippen LogP contribution in [-0.4, -0.2) is 44.6 Å². The van der Waals surface area contributed by atoms with Gasteiger partial charge in [-0.25, -0.2) is 0 Å². The Kier molecular flexibility index (Phi) is 6.72. The Morgan fingerprint density at radius 1 is 1.35 bits per heavy atom. The Hall–Kier alpha value is -1.92. The summed E-state index contributed by atoms with van der Waals surface area (Å²) in [7, 11) is 0. The third kappa shape index (κ3) is 6.00. The van der Waals surface area contributed by atoms with Crippen LogP contribution in [0, 0.1) is 0 Å². The van der Waals surface area contributed by atoms with E-state index in [0.29, 0.717) is 24.6 Å². The van der Waals surface area contributed by atoms with Crippen LogP contribution in [0.3, 0.4) is 0 Å². The standard InChI is InChI=1S/C16H27N3O4/c1-6-11(2)19(10-14(21)22)13(20)9-7-8-12-17-15(18-23-12)16(3,4)5/h11H,6-10H2,1-5H3,(H,21,22). The fourth-order valence-electron chi connectivity index (χ4n) is 2.05. The van der Waals surface area contributed by atoms with Gasteiger partial charge in [-0.3, -0.25) is 9.59 Å². The third-order valence-electron chi connectivity index (χ3n) is 3.67. The molecule has 0 aromatic carbocycles. The van der Waals surface area contributed by atoms with E-state index in [1.165, 1.54) is 4.90 Å². The minimum atomic E-state index is -0.995. The summed E-state index contributed by atoms with van der Waals surface area (Å²) in [6.45, 7) is 9.53. The number of aromatic nitrogens is 2. The molecule has 0 bridgehead atoms. The SMILES string of the molecule is CCC(C)N(CC(=O)O)C(=O)CCCc1nc(C(C)(C)C)no1. The quantitative estimate of drug-likeness (QED) is 0.788. The van der Waals surface area contributed by atoms with Crippen molar-refractivity contribution in [1.82, 2.24) is 15.0 Å². The van der Waals surface area contributed by atoms with E-state index in [2.05, 4.69) is 10.1 Å². The molecule has 0 aliphatic heterocycles. The van der Waals surface area contributed by atoms with Gasteiger partial charge in [-0.05, 0) is 19.8 Å². The Balaban J connectivity index is 2.54. The number of aliphatic carboxylic acids is 1. The molecule has 0 saturated carbocycles. The summed E-state index contributed by atoms with van der Waals surface area (Å²) in [4.78, 5) is 28.9. The van der Waals surface area contributed by atoms with E-state index >= 15 is 0 Å². The fourth-order valence-corrected chi connectivity index (χ4v) is 2.05. The third-order valence-corrected chi connectivity index (χ3v) is 3.67. The van der Waals surface area contributed by atoms with Crippen LogP contribution in [0.25, 0.3) is 0 Å². The zero-order chi connectivity index (χ0) is 17.6. The zero-order valence-electron chi connectivity index (χ0n) is 14.6. The highest BCUT2D eigenvalue weighted by Crippen LogP contribution is 2.19. The lowest BCUT2D eigenvalue weighted by molar-refractivity contribution is -0.146. The summed E-state index contributed by atoms with van der Waals surface area (Å²) >= 11 is 0. The highest BCUT2D eigenvalue weighted by atomic mass is 16.5. The second kappa shape index (κ2) is 8.08. The molecule has 1 heterocycles. The summed E-state index contributed by atoms with van der Waals surface area (Å²) in [5.74, 6) is 0.00432. The van der Waals surface area contributed by atoms with E-state index in [1.807, 2.05) is 34.6 Å². The molecule has 7 nitrogen and oxygen atoms in total. The van der Waals surface area contributed by atoms with Gasteiger partial charge >= 0.3 is 5.97 Å². The molecule has 1 rings (SSSR count). The number of aryl methyl sites for hydroxylation is 1. The molecule has 0 radical (unpaired) electrons. The van der Waals surface area contributed by atoms with Gasteiger partial charge in [0.2, 0.25) is 11.8 Å². The molecule has 7 heteroatoms. The Morgan fingerprint density at radius 2 is 2.00 bits per heavy atom. The van der Waals surface area contributed by atoms with Crippen LogP contribution in [0.5, 0.6) is 0 Å². The lowest BCUT2D eigenvalue weighted by atomic mass is 9.96. The maximum atomic E-state index is 12.2. The number of carbonyl (C=O) groups excluding carboxylic acids is 1. The minimum absolute atomic E-state index is 0.0884. The molecule has 1 atom stereocenters. The van der Waals surface area contributed by atoms with Crippen LogP contribution in [0.4, 0.5) is 0 Å². The minimum Gasteiger partial charge on any atom is -0.480 e. The van der Waals surface area contributed by atoms with Crippen LogP contribution in [-0.2, 0) is 21.4 Å². The van der Waals surface area contributed by atoms with Crippen molar-refractivity contribution in [3.8, 4) is 0 Å². The number of hydrogen-bond acceptors (Lipinski definition) is 5. The van der Waals surface area contributed by atoms with Gasteiger partial charge in [-0.1, -0.05) is 32.9 Å². The Bertz CT molecular complexity index is 534. The number of nitrogens with zero attached hydrogens (tertiary/aromatic N) is 3. The average molecular weight is 325 g/mol. The van der Waals surface area contributed by atoms with Crippen molar-refractivity contribution in [3.63, 3.8) is 0 Å². The normalized spacial score (nSPS) is 12.9. The molecule has 1 aromatic rings. The molecule has 1 aromatic heterocycles. The van der Waals surface area contributed by atoms with Crippen molar-refractivity contribution in [2.45, 2.75) is 71.8 Å². The van der Waals surface area contributed by atoms with Gasteiger partial charge in [0.25, 0.3) is 0 Å². The molecular weight excluding hydrogens is 298 g/mol. The lowest BCUT2D eigenvalue weighted by Gasteiger charge is -2.26. The van der Waals surface area contributed by atoms with E-state index in [0.717, 1.165) is 6.42 Å². The monoisotopic (exact) mass is 325 g/mol. The first-order valence-corrected chi connectivity index (χ1v) is 7.99. The van der Waals surface area contributed by atoms with Crippen LogP contribution >= 0.6 is 0 Å². The predicted octanol–water partition coefficient (Wildman–Crippen LogP) is 2.40. The number of hydrogen-bond donors (Lipinski definition) is 1. The fraction of sp³-hybridized carbons (Fsp3) is 0.750. The molecule has 23 heavy (non-hydrogen) atoms. The summed E-state index contributed by atoms with van der Waals surface area (Å²) in [5, 5.41) is 12.9. The van der Waals surface area contributed by atoms with Gasteiger partial charge in [-0.15, -0.1) is 0 Å². The van der Waals surface area contributed by atoms with Crippen molar-refractivity contribution >= 4 is 11.9 Å². The van der Waals surface area contributed by atoms with E-state index in [1.54, 1.807) is 0 Å². The zero-order valence-corrected chi connectivity index (χ0v) is 14.6. The molecular formula is C16H27N3O4. The molecule has 0 saturated heterocycles. The number of amides is 1. The molecule has 1 N–H and O–H groups in total. The predicted molar refractivity (Wildman–Crippen MR) is 85.0 cm³/mol. The molecule has 130 valence electrons. The number of carbonyl (C=O) groups is 2. The lowest BCUT2D eigenvalue weighted by Crippen LogP contribution is -2.41. The second-order valence-corrected chi connectivity index (χ2v) is 6.79. The topological polar surface area (TPSA) is 96.5 Å².